The normalized spacial score (nSPS) is 22.2. The molecule has 1 saturated carbocycles. The Morgan fingerprint density at radius 3 is 2.61 bits per heavy atom. The molecule has 31 heavy (non-hydrogen) atoms. The van der Waals surface area contributed by atoms with Gasteiger partial charge in [-0.15, -0.1) is 0 Å². The molecule has 1 aromatic carbocycles. The van der Waals surface area contributed by atoms with E-state index < -0.39 is 0 Å². The molecule has 1 N–H and O–H groups in total. The summed E-state index contributed by atoms with van der Waals surface area (Å²) in [4.78, 5) is 28.4. The Morgan fingerprint density at radius 1 is 1.03 bits per heavy atom. The first-order valence-electron chi connectivity index (χ1n) is 11.3. The quantitative estimate of drug-likeness (QED) is 0.669. The van der Waals surface area contributed by atoms with Crippen LogP contribution in [-0.2, 0) is 4.79 Å². The second kappa shape index (κ2) is 8.71. The number of carbonyl (C=O) groups is 1. The fourth-order valence-electron chi connectivity index (χ4n) is 4.99. The molecular weight excluding hydrogens is 386 g/mol. The number of anilines is 1. The van der Waals surface area contributed by atoms with E-state index in [-0.39, 0.29) is 11.8 Å². The molecule has 1 aliphatic heterocycles. The number of rotatable bonds is 5. The molecule has 5 rings (SSSR count). The van der Waals surface area contributed by atoms with Crippen LogP contribution in [0.2, 0.25) is 0 Å². The molecule has 0 bridgehead atoms. The molecule has 0 spiro atoms. The highest BCUT2D eigenvalue weighted by molar-refractivity contribution is 5.95. The van der Waals surface area contributed by atoms with Gasteiger partial charge < -0.3 is 10.2 Å². The first-order valence-corrected chi connectivity index (χ1v) is 11.3. The Morgan fingerprint density at radius 2 is 1.87 bits per heavy atom. The molecule has 160 valence electrons. The Labute approximate surface area is 183 Å². The van der Waals surface area contributed by atoms with Crippen LogP contribution < -0.4 is 5.32 Å². The highest BCUT2D eigenvalue weighted by atomic mass is 16.1. The molecule has 0 unspecified atom stereocenters. The molecule has 2 fully saturated rings. The Bertz CT molecular complexity index is 1060. The number of benzene rings is 1. The molecule has 1 saturated heterocycles. The van der Waals surface area contributed by atoms with Crippen molar-refractivity contribution in [2.75, 3.05) is 25.0 Å². The lowest BCUT2D eigenvalue weighted by atomic mass is 9.80. The van der Waals surface area contributed by atoms with Crippen LogP contribution >= 0.6 is 0 Å². The number of nitrogens with zero attached hydrogens (tertiary/aromatic N) is 4. The maximum absolute atomic E-state index is 12.9. The van der Waals surface area contributed by atoms with Gasteiger partial charge in [-0.2, -0.15) is 0 Å². The van der Waals surface area contributed by atoms with E-state index in [9.17, 15) is 4.79 Å². The van der Waals surface area contributed by atoms with Gasteiger partial charge in [-0.05, 0) is 55.0 Å². The highest BCUT2D eigenvalue weighted by Crippen LogP contribution is 2.32. The monoisotopic (exact) mass is 415 g/mol. The average Bonchev–Trinajstić information content (AvgIpc) is 2.78. The zero-order valence-corrected chi connectivity index (χ0v) is 18.0. The minimum absolute atomic E-state index is 0.0926. The molecule has 0 radical (unpaired) electrons. The Kier molecular flexibility index (Phi) is 5.64. The molecule has 6 nitrogen and oxygen atoms in total. The number of pyridine rings is 1. The van der Waals surface area contributed by atoms with E-state index in [2.05, 4.69) is 38.2 Å². The zero-order valence-electron chi connectivity index (χ0n) is 18.0. The predicted octanol–water partition coefficient (Wildman–Crippen LogP) is 4.39. The molecule has 1 amide bonds. The van der Waals surface area contributed by atoms with Gasteiger partial charge in [0, 0.05) is 55.1 Å². The Hall–Kier alpha value is -2.86. The second-order valence-corrected chi connectivity index (χ2v) is 9.25. The molecule has 1 aliphatic carbocycles. The van der Waals surface area contributed by atoms with Crippen LogP contribution in [0.5, 0.6) is 0 Å². The molecule has 6 heteroatoms. The van der Waals surface area contributed by atoms with Crippen molar-refractivity contribution < 1.29 is 4.79 Å². The third-order valence-electron chi connectivity index (χ3n) is 6.71. The summed E-state index contributed by atoms with van der Waals surface area (Å²) in [5.74, 6) is 2.41. The minimum Gasteiger partial charge on any atom is -0.310 e. The number of amides is 1. The number of carbonyl (C=O) groups excluding carboxylic acids is 1. The van der Waals surface area contributed by atoms with Crippen LogP contribution in [0.3, 0.4) is 0 Å². The van der Waals surface area contributed by atoms with Gasteiger partial charge in [-0.25, -0.2) is 4.98 Å². The van der Waals surface area contributed by atoms with Crippen molar-refractivity contribution in [3.63, 3.8) is 0 Å². The molecule has 0 atom stereocenters. The summed E-state index contributed by atoms with van der Waals surface area (Å²) in [6, 6.07) is 8.06. The maximum Gasteiger partial charge on any atom is 0.228 e. The van der Waals surface area contributed by atoms with E-state index in [0.717, 1.165) is 59.5 Å². The fourth-order valence-corrected chi connectivity index (χ4v) is 4.99. The van der Waals surface area contributed by atoms with Crippen molar-refractivity contribution in [1.29, 1.82) is 0 Å². The zero-order chi connectivity index (χ0) is 21.2. The lowest BCUT2D eigenvalue weighted by molar-refractivity contribution is -0.121. The van der Waals surface area contributed by atoms with Crippen LogP contribution in [0.15, 0.2) is 49.1 Å². The van der Waals surface area contributed by atoms with Crippen LogP contribution in [0, 0.1) is 17.8 Å². The largest absolute Gasteiger partial charge is 0.310 e. The summed E-state index contributed by atoms with van der Waals surface area (Å²) in [5.41, 5.74) is 1.83. The SMILES string of the molecule is CC1CN(CC2CCC(C(=O)Nc3cc4cc(-c5cnccn5)ccc4cn3)CC2)C1. The van der Waals surface area contributed by atoms with Gasteiger partial charge in [0.2, 0.25) is 5.91 Å². The highest BCUT2D eigenvalue weighted by Gasteiger charge is 2.30. The van der Waals surface area contributed by atoms with E-state index in [0.29, 0.717) is 5.82 Å². The molecule has 3 heterocycles. The van der Waals surface area contributed by atoms with Gasteiger partial charge in [-0.1, -0.05) is 19.1 Å². The topological polar surface area (TPSA) is 71.0 Å². The molecular formula is C25H29N5O. The summed E-state index contributed by atoms with van der Waals surface area (Å²) in [7, 11) is 0. The van der Waals surface area contributed by atoms with E-state index in [4.69, 9.17) is 0 Å². The van der Waals surface area contributed by atoms with Gasteiger partial charge >= 0.3 is 0 Å². The lowest BCUT2D eigenvalue weighted by Gasteiger charge is -2.40. The van der Waals surface area contributed by atoms with Crippen LogP contribution in [-0.4, -0.2) is 45.4 Å². The van der Waals surface area contributed by atoms with Crippen molar-refractivity contribution in [1.82, 2.24) is 19.9 Å². The van der Waals surface area contributed by atoms with Gasteiger partial charge in [0.05, 0.1) is 11.9 Å². The van der Waals surface area contributed by atoms with Gasteiger partial charge in [-0.3, -0.25) is 14.8 Å². The number of fused-ring (bicyclic) bond motifs is 1. The smallest absolute Gasteiger partial charge is 0.228 e. The maximum atomic E-state index is 12.9. The van der Waals surface area contributed by atoms with Crippen molar-refractivity contribution in [2.45, 2.75) is 32.6 Å². The number of likely N-dealkylation sites (tertiary alicyclic amines) is 1. The summed E-state index contributed by atoms with van der Waals surface area (Å²) in [5, 5.41) is 5.12. The van der Waals surface area contributed by atoms with Crippen LogP contribution in [0.1, 0.15) is 32.6 Å². The van der Waals surface area contributed by atoms with Gasteiger partial charge in [0.25, 0.3) is 0 Å². The number of hydrogen-bond donors (Lipinski definition) is 1. The summed E-state index contributed by atoms with van der Waals surface area (Å²) >= 11 is 0. The predicted molar refractivity (Wildman–Crippen MR) is 122 cm³/mol. The van der Waals surface area contributed by atoms with Gasteiger partial charge in [0.15, 0.2) is 0 Å². The average molecular weight is 416 g/mol. The summed E-state index contributed by atoms with van der Waals surface area (Å²) in [6.45, 7) is 6.01. The van der Waals surface area contributed by atoms with Crippen molar-refractivity contribution in [2.24, 2.45) is 17.8 Å². The third kappa shape index (κ3) is 4.59. The van der Waals surface area contributed by atoms with Crippen molar-refractivity contribution in [3.05, 3.63) is 49.1 Å². The summed E-state index contributed by atoms with van der Waals surface area (Å²) < 4.78 is 0. The standard InChI is InChI=1S/C25H29N5O/c1-17-14-30(15-17)16-18-2-4-19(5-3-18)25(31)29-24-11-22-10-20(6-7-21(22)12-28-24)23-13-26-8-9-27-23/h6-13,17-19H,2-5,14-16H2,1H3,(H,28,29,31). The van der Waals surface area contributed by atoms with Crippen molar-refractivity contribution >= 4 is 22.5 Å². The minimum atomic E-state index is 0.0926. The lowest BCUT2D eigenvalue weighted by Crippen LogP contribution is -2.47. The van der Waals surface area contributed by atoms with E-state index in [1.165, 1.54) is 19.6 Å². The molecule has 2 aromatic heterocycles. The van der Waals surface area contributed by atoms with Gasteiger partial charge in [0.1, 0.15) is 5.82 Å². The second-order valence-electron chi connectivity index (χ2n) is 9.25. The van der Waals surface area contributed by atoms with Crippen LogP contribution in [0.4, 0.5) is 5.82 Å². The van der Waals surface area contributed by atoms with Crippen LogP contribution in [0.25, 0.3) is 22.0 Å². The third-order valence-corrected chi connectivity index (χ3v) is 6.71. The van der Waals surface area contributed by atoms with E-state index in [1.807, 2.05) is 24.4 Å². The molecule has 2 aliphatic rings. The fraction of sp³-hybridized carbons (Fsp3) is 0.440. The number of hydrogen-bond acceptors (Lipinski definition) is 5. The van der Waals surface area contributed by atoms with E-state index >= 15 is 0 Å². The number of nitrogens with one attached hydrogen (secondary N) is 1. The van der Waals surface area contributed by atoms with Crippen molar-refractivity contribution in [3.8, 4) is 11.3 Å². The molecule has 3 aromatic rings. The number of aromatic nitrogens is 3. The Balaban J connectivity index is 1.21. The van der Waals surface area contributed by atoms with E-state index in [1.54, 1.807) is 18.6 Å². The summed E-state index contributed by atoms with van der Waals surface area (Å²) in [6.07, 6.45) is 11.2. The first kappa shape index (κ1) is 20.1. The first-order chi connectivity index (χ1) is 15.1.